The van der Waals surface area contributed by atoms with Gasteiger partial charge in [0.15, 0.2) is 0 Å². The van der Waals surface area contributed by atoms with Crippen molar-refractivity contribution in [2.75, 3.05) is 12.0 Å². The van der Waals surface area contributed by atoms with Crippen molar-refractivity contribution in [2.24, 2.45) is 0 Å². The zero-order valence-electron chi connectivity index (χ0n) is 9.00. The van der Waals surface area contributed by atoms with Crippen molar-refractivity contribution in [2.45, 2.75) is 31.4 Å². The van der Waals surface area contributed by atoms with Crippen LogP contribution in [-0.4, -0.2) is 16.8 Å². The quantitative estimate of drug-likeness (QED) is 0.765. The Morgan fingerprint density at radius 1 is 1.36 bits per heavy atom. The van der Waals surface area contributed by atoms with Crippen LogP contribution in [0.25, 0.3) is 0 Å². The fourth-order valence-electron chi connectivity index (χ4n) is 0.920. The first-order valence-corrected chi connectivity index (χ1v) is 5.64. The summed E-state index contributed by atoms with van der Waals surface area (Å²) in [4.78, 5) is 4.29. The van der Waals surface area contributed by atoms with Crippen LogP contribution in [0.2, 0.25) is 0 Å². The molecule has 0 aliphatic rings. The number of thioether (sulfide) groups is 1. The highest BCUT2D eigenvalue weighted by Crippen LogP contribution is 2.25. The zero-order valence-corrected chi connectivity index (χ0v) is 9.81. The van der Waals surface area contributed by atoms with Crippen molar-refractivity contribution >= 4 is 17.4 Å². The predicted octanol–water partition coefficient (Wildman–Crippen LogP) is 2.56. The van der Waals surface area contributed by atoms with Gasteiger partial charge in [-0.15, -0.1) is 11.8 Å². The third-order valence-electron chi connectivity index (χ3n) is 1.48. The monoisotopic (exact) mass is 212 g/mol. The molecule has 0 spiro atoms. The summed E-state index contributed by atoms with van der Waals surface area (Å²) < 4.78 is 5.63. The minimum atomic E-state index is -0.266. The summed E-state index contributed by atoms with van der Waals surface area (Å²) in [5, 5.41) is 0.915. The third kappa shape index (κ3) is 3.10. The van der Waals surface area contributed by atoms with E-state index >= 15 is 0 Å². The highest BCUT2D eigenvalue weighted by molar-refractivity contribution is 7.98. The van der Waals surface area contributed by atoms with E-state index in [2.05, 4.69) is 4.98 Å². The van der Waals surface area contributed by atoms with Crippen LogP contribution >= 0.6 is 11.8 Å². The Labute approximate surface area is 89.1 Å². The molecule has 0 saturated carbocycles. The van der Waals surface area contributed by atoms with Gasteiger partial charge in [0.05, 0.1) is 10.7 Å². The maximum absolute atomic E-state index is 5.75. The average Bonchev–Trinajstić information content (AvgIpc) is 2.06. The van der Waals surface area contributed by atoms with E-state index in [4.69, 9.17) is 10.5 Å². The second kappa shape index (κ2) is 4.09. The van der Waals surface area contributed by atoms with Crippen LogP contribution in [0.4, 0.5) is 5.69 Å². The van der Waals surface area contributed by atoms with E-state index in [1.165, 1.54) is 0 Å². The molecule has 0 radical (unpaired) electrons. The summed E-state index contributed by atoms with van der Waals surface area (Å²) in [6, 6.07) is 3.70. The standard InChI is InChI=1S/C10H16N2OS/c1-10(2,3)13-9-7(11)5-6-8(12-9)14-4/h5-6H,11H2,1-4H3. The minimum Gasteiger partial charge on any atom is -0.470 e. The Morgan fingerprint density at radius 3 is 2.50 bits per heavy atom. The molecule has 78 valence electrons. The second-order valence-corrected chi connectivity index (χ2v) is 4.79. The van der Waals surface area contributed by atoms with E-state index in [0.29, 0.717) is 11.6 Å². The normalized spacial score (nSPS) is 11.4. The lowest BCUT2D eigenvalue weighted by atomic mass is 10.2. The largest absolute Gasteiger partial charge is 0.470 e. The van der Waals surface area contributed by atoms with Crippen molar-refractivity contribution in [3.05, 3.63) is 12.1 Å². The molecule has 4 heteroatoms. The van der Waals surface area contributed by atoms with Crippen LogP contribution in [0.5, 0.6) is 5.88 Å². The number of rotatable bonds is 2. The summed E-state index contributed by atoms with van der Waals surface area (Å²) in [6.45, 7) is 5.92. The predicted molar refractivity (Wildman–Crippen MR) is 60.8 cm³/mol. The highest BCUT2D eigenvalue weighted by atomic mass is 32.2. The molecule has 0 saturated heterocycles. The number of hydrogen-bond donors (Lipinski definition) is 1. The Balaban J connectivity index is 2.95. The van der Waals surface area contributed by atoms with Crippen LogP contribution in [0.3, 0.4) is 0 Å². The molecular formula is C10H16N2OS. The van der Waals surface area contributed by atoms with Gasteiger partial charge in [-0.1, -0.05) is 0 Å². The molecule has 1 heterocycles. The summed E-state index contributed by atoms with van der Waals surface area (Å²) in [5.41, 5.74) is 6.07. The van der Waals surface area contributed by atoms with Crippen molar-refractivity contribution in [1.82, 2.24) is 4.98 Å². The van der Waals surface area contributed by atoms with E-state index in [9.17, 15) is 0 Å². The number of aromatic nitrogens is 1. The lowest BCUT2D eigenvalue weighted by Crippen LogP contribution is -2.24. The Morgan fingerprint density at radius 2 is 2.00 bits per heavy atom. The minimum absolute atomic E-state index is 0.266. The van der Waals surface area contributed by atoms with Gasteiger partial charge in [0, 0.05) is 0 Å². The molecule has 1 rings (SSSR count). The molecule has 0 unspecified atom stereocenters. The SMILES string of the molecule is CSc1ccc(N)c(OC(C)(C)C)n1. The van der Waals surface area contributed by atoms with Crippen molar-refractivity contribution in [1.29, 1.82) is 0 Å². The summed E-state index contributed by atoms with van der Waals surface area (Å²) in [6.07, 6.45) is 1.97. The molecular weight excluding hydrogens is 196 g/mol. The number of nitrogens with zero attached hydrogens (tertiary/aromatic N) is 1. The number of nitrogen functional groups attached to an aromatic ring is 1. The fraction of sp³-hybridized carbons (Fsp3) is 0.500. The smallest absolute Gasteiger partial charge is 0.238 e. The molecule has 0 bridgehead atoms. The fourth-order valence-corrected chi connectivity index (χ4v) is 1.30. The molecule has 0 atom stereocenters. The summed E-state index contributed by atoms with van der Waals surface area (Å²) in [7, 11) is 0. The van der Waals surface area contributed by atoms with Gasteiger partial charge in [0.25, 0.3) is 0 Å². The summed E-state index contributed by atoms with van der Waals surface area (Å²) in [5.74, 6) is 0.518. The highest BCUT2D eigenvalue weighted by Gasteiger charge is 2.15. The first-order valence-electron chi connectivity index (χ1n) is 4.42. The van der Waals surface area contributed by atoms with Crippen LogP contribution < -0.4 is 10.5 Å². The Hall–Kier alpha value is -0.900. The van der Waals surface area contributed by atoms with Crippen LogP contribution in [0, 0.1) is 0 Å². The van der Waals surface area contributed by atoms with Crippen molar-refractivity contribution in [3.63, 3.8) is 0 Å². The molecule has 0 aliphatic heterocycles. The zero-order chi connectivity index (χ0) is 10.8. The molecule has 1 aromatic heterocycles. The third-order valence-corrected chi connectivity index (χ3v) is 2.12. The van der Waals surface area contributed by atoms with Crippen molar-refractivity contribution < 1.29 is 4.74 Å². The topological polar surface area (TPSA) is 48.1 Å². The van der Waals surface area contributed by atoms with Gasteiger partial charge in [0.1, 0.15) is 5.60 Å². The van der Waals surface area contributed by atoms with Crippen molar-refractivity contribution in [3.8, 4) is 5.88 Å². The van der Waals surface area contributed by atoms with Gasteiger partial charge in [-0.2, -0.15) is 0 Å². The molecule has 1 aromatic rings. The number of ether oxygens (including phenoxy) is 1. The van der Waals surface area contributed by atoms with E-state index < -0.39 is 0 Å². The van der Waals surface area contributed by atoms with Gasteiger partial charge < -0.3 is 10.5 Å². The number of nitrogens with two attached hydrogens (primary N) is 1. The van der Waals surface area contributed by atoms with Gasteiger partial charge in [-0.3, -0.25) is 0 Å². The lowest BCUT2D eigenvalue weighted by Gasteiger charge is -2.21. The van der Waals surface area contributed by atoms with Gasteiger partial charge in [-0.25, -0.2) is 4.98 Å². The molecule has 3 nitrogen and oxygen atoms in total. The van der Waals surface area contributed by atoms with Crippen LogP contribution in [0.1, 0.15) is 20.8 Å². The first-order chi connectivity index (χ1) is 6.42. The molecule has 2 N–H and O–H groups in total. The number of pyridine rings is 1. The van der Waals surface area contributed by atoms with E-state index in [1.807, 2.05) is 39.2 Å². The summed E-state index contributed by atoms with van der Waals surface area (Å²) >= 11 is 1.57. The van der Waals surface area contributed by atoms with Crippen LogP contribution in [-0.2, 0) is 0 Å². The molecule has 0 amide bonds. The Kier molecular flexibility index (Phi) is 3.26. The van der Waals surface area contributed by atoms with Gasteiger partial charge in [0.2, 0.25) is 5.88 Å². The average molecular weight is 212 g/mol. The second-order valence-electron chi connectivity index (χ2n) is 3.96. The Bertz CT molecular complexity index is 320. The maximum atomic E-state index is 5.75. The van der Waals surface area contributed by atoms with Crippen LogP contribution in [0.15, 0.2) is 17.2 Å². The first kappa shape index (κ1) is 11.2. The van der Waals surface area contributed by atoms with Gasteiger partial charge in [-0.05, 0) is 39.2 Å². The number of hydrogen-bond acceptors (Lipinski definition) is 4. The molecule has 0 aliphatic carbocycles. The van der Waals surface area contributed by atoms with E-state index in [-0.39, 0.29) is 5.60 Å². The molecule has 0 aromatic carbocycles. The lowest BCUT2D eigenvalue weighted by molar-refractivity contribution is 0.124. The van der Waals surface area contributed by atoms with Gasteiger partial charge >= 0.3 is 0 Å². The molecule has 0 fully saturated rings. The van der Waals surface area contributed by atoms with E-state index in [1.54, 1.807) is 11.8 Å². The molecule has 14 heavy (non-hydrogen) atoms. The van der Waals surface area contributed by atoms with E-state index in [0.717, 1.165) is 5.03 Å². The maximum Gasteiger partial charge on any atom is 0.238 e. The number of anilines is 1.